The zero-order chi connectivity index (χ0) is 18.9. The molecule has 1 N–H and O–H groups in total. The van der Waals surface area contributed by atoms with Gasteiger partial charge in [-0.25, -0.2) is 0 Å². The number of nitrogens with zero attached hydrogens (tertiary/aromatic N) is 2. The van der Waals surface area contributed by atoms with E-state index in [4.69, 9.17) is 0 Å². The first-order valence-corrected chi connectivity index (χ1v) is 9.10. The van der Waals surface area contributed by atoms with E-state index in [1.54, 1.807) is 6.92 Å². The molecule has 0 aromatic heterocycles. The van der Waals surface area contributed by atoms with E-state index in [1.165, 1.54) is 6.07 Å². The van der Waals surface area contributed by atoms with Crippen LogP contribution in [0.5, 0.6) is 0 Å². The summed E-state index contributed by atoms with van der Waals surface area (Å²) in [6.07, 6.45) is 1.88. The summed E-state index contributed by atoms with van der Waals surface area (Å²) < 4.78 is 40.0. The summed E-state index contributed by atoms with van der Waals surface area (Å²) in [6, 6.07) is 4.46. The molecule has 2 heterocycles. The first kappa shape index (κ1) is 18.8. The van der Waals surface area contributed by atoms with Gasteiger partial charge in [0.05, 0.1) is 11.6 Å². The Kier molecular flexibility index (Phi) is 5.32. The highest BCUT2D eigenvalue weighted by Gasteiger charge is 2.35. The molecule has 0 amide bonds. The number of rotatable bonds is 3. The fourth-order valence-electron chi connectivity index (χ4n) is 3.97. The standard InChI is InChI=1S/C20H26F3N3/c1-14-6-4-9-19(25-12-10-24-11-13-25)26(14)16(3)17-7-5-8-18(15(17)2)20(21,22)23/h4-9,14,16,24H,10-13H2,1-3H3/t14-,16?/m1/s1. The maximum atomic E-state index is 13.3. The van der Waals surface area contributed by atoms with Crippen molar-refractivity contribution in [3.8, 4) is 0 Å². The fourth-order valence-corrected chi connectivity index (χ4v) is 3.97. The molecule has 0 bridgehead atoms. The number of hydrogen-bond acceptors (Lipinski definition) is 3. The summed E-state index contributed by atoms with van der Waals surface area (Å²) in [5.74, 6) is 1.09. The molecule has 1 aromatic carbocycles. The van der Waals surface area contributed by atoms with Gasteiger partial charge in [-0.15, -0.1) is 0 Å². The molecule has 3 nitrogen and oxygen atoms in total. The van der Waals surface area contributed by atoms with E-state index in [1.807, 2.05) is 19.1 Å². The lowest BCUT2D eigenvalue weighted by atomic mass is 9.95. The van der Waals surface area contributed by atoms with Crippen LogP contribution in [-0.4, -0.2) is 42.0 Å². The number of nitrogens with one attached hydrogen (secondary N) is 1. The molecule has 0 radical (unpaired) electrons. The molecule has 1 unspecified atom stereocenters. The van der Waals surface area contributed by atoms with Crippen LogP contribution in [-0.2, 0) is 6.18 Å². The van der Waals surface area contributed by atoms with Gasteiger partial charge in [0.15, 0.2) is 0 Å². The average Bonchev–Trinajstić information content (AvgIpc) is 2.61. The predicted octanol–water partition coefficient (Wildman–Crippen LogP) is 4.08. The molecule has 6 heteroatoms. The number of piperazine rings is 1. The van der Waals surface area contributed by atoms with Gasteiger partial charge in [-0.3, -0.25) is 0 Å². The van der Waals surface area contributed by atoms with Gasteiger partial charge in [0.2, 0.25) is 0 Å². The number of benzene rings is 1. The molecule has 2 atom stereocenters. The Morgan fingerprint density at radius 2 is 1.88 bits per heavy atom. The van der Waals surface area contributed by atoms with Gasteiger partial charge >= 0.3 is 6.18 Å². The van der Waals surface area contributed by atoms with Crippen molar-refractivity contribution in [1.29, 1.82) is 0 Å². The first-order valence-electron chi connectivity index (χ1n) is 9.10. The van der Waals surface area contributed by atoms with Crippen molar-refractivity contribution in [1.82, 2.24) is 15.1 Å². The minimum absolute atomic E-state index is 0.119. The normalized spacial score (nSPS) is 22.4. The lowest BCUT2D eigenvalue weighted by molar-refractivity contribution is -0.138. The van der Waals surface area contributed by atoms with E-state index >= 15 is 0 Å². The average molecular weight is 365 g/mol. The molecule has 0 aliphatic carbocycles. The molecular weight excluding hydrogens is 339 g/mol. The third-order valence-corrected chi connectivity index (χ3v) is 5.33. The quantitative estimate of drug-likeness (QED) is 0.871. The Labute approximate surface area is 153 Å². The van der Waals surface area contributed by atoms with Crippen LogP contribution >= 0.6 is 0 Å². The topological polar surface area (TPSA) is 18.5 Å². The largest absolute Gasteiger partial charge is 0.416 e. The molecule has 3 rings (SSSR count). The Hall–Kier alpha value is -1.95. The first-order chi connectivity index (χ1) is 12.3. The van der Waals surface area contributed by atoms with Crippen LogP contribution in [0.15, 0.2) is 42.2 Å². The van der Waals surface area contributed by atoms with Crippen molar-refractivity contribution in [3.63, 3.8) is 0 Å². The smallest absolute Gasteiger partial charge is 0.356 e. The van der Waals surface area contributed by atoms with E-state index in [-0.39, 0.29) is 12.1 Å². The second kappa shape index (κ2) is 7.35. The van der Waals surface area contributed by atoms with E-state index < -0.39 is 11.7 Å². The molecule has 0 spiro atoms. The fraction of sp³-hybridized carbons (Fsp3) is 0.500. The Bertz CT molecular complexity index is 703. The van der Waals surface area contributed by atoms with Crippen molar-refractivity contribution < 1.29 is 13.2 Å². The third-order valence-electron chi connectivity index (χ3n) is 5.33. The van der Waals surface area contributed by atoms with Crippen LogP contribution in [0.1, 0.15) is 36.6 Å². The number of allylic oxidation sites excluding steroid dienone is 2. The van der Waals surface area contributed by atoms with E-state index in [9.17, 15) is 13.2 Å². The van der Waals surface area contributed by atoms with Gasteiger partial charge in [0.1, 0.15) is 5.82 Å². The van der Waals surface area contributed by atoms with Gasteiger partial charge in [-0.05, 0) is 44.0 Å². The lowest BCUT2D eigenvalue weighted by Crippen LogP contribution is -2.49. The summed E-state index contributed by atoms with van der Waals surface area (Å²) >= 11 is 0. The van der Waals surface area contributed by atoms with Crippen molar-refractivity contribution in [2.45, 2.75) is 39.0 Å². The summed E-state index contributed by atoms with van der Waals surface area (Å²) in [5, 5.41) is 3.34. The van der Waals surface area contributed by atoms with E-state index in [0.29, 0.717) is 5.56 Å². The maximum absolute atomic E-state index is 13.3. The van der Waals surface area contributed by atoms with Crippen LogP contribution in [0.4, 0.5) is 13.2 Å². The Morgan fingerprint density at radius 3 is 2.54 bits per heavy atom. The van der Waals surface area contributed by atoms with Gasteiger partial charge in [0, 0.05) is 32.2 Å². The highest BCUT2D eigenvalue weighted by Crippen LogP contribution is 2.38. The van der Waals surface area contributed by atoms with Crippen molar-refractivity contribution >= 4 is 0 Å². The maximum Gasteiger partial charge on any atom is 0.416 e. The van der Waals surface area contributed by atoms with Crippen molar-refractivity contribution in [3.05, 3.63) is 58.9 Å². The second-order valence-electron chi connectivity index (χ2n) is 6.99. The highest BCUT2D eigenvalue weighted by molar-refractivity contribution is 5.39. The van der Waals surface area contributed by atoms with Gasteiger partial charge in [-0.1, -0.05) is 24.3 Å². The van der Waals surface area contributed by atoms with Crippen molar-refractivity contribution in [2.24, 2.45) is 0 Å². The third kappa shape index (κ3) is 3.61. The van der Waals surface area contributed by atoms with Gasteiger partial charge in [0.25, 0.3) is 0 Å². The zero-order valence-corrected chi connectivity index (χ0v) is 15.5. The van der Waals surface area contributed by atoms with Crippen LogP contribution in [0.25, 0.3) is 0 Å². The summed E-state index contributed by atoms with van der Waals surface area (Å²) in [5.41, 5.74) is 0.492. The minimum atomic E-state index is -4.33. The van der Waals surface area contributed by atoms with Crippen LogP contribution < -0.4 is 5.32 Å². The molecule has 2 aliphatic rings. The monoisotopic (exact) mass is 365 g/mol. The van der Waals surface area contributed by atoms with E-state index in [2.05, 4.69) is 34.2 Å². The molecule has 2 aliphatic heterocycles. The Morgan fingerprint density at radius 1 is 1.19 bits per heavy atom. The van der Waals surface area contributed by atoms with Crippen molar-refractivity contribution in [2.75, 3.05) is 26.2 Å². The SMILES string of the molecule is Cc1c(C(C)N2C(N3CCNCC3)=CC=C[C@H]2C)cccc1C(F)(F)F. The van der Waals surface area contributed by atoms with Gasteiger partial charge < -0.3 is 15.1 Å². The summed E-state index contributed by atoms with van der Waals surface area (Å²) in [6.45, 7) is 9.29. The summed E-state index contributed by atoms with van der Waals surface area (Å²) in [7, 11) is 0. The Balaban J connectivity index is 1.96. The molecular formula is C20H26F3N3. The second-order valence-corrected chi connectivity index (χ2v) is 6.99. The number of halogens is 3. The van der Waals surface area contributed by atoms with Crippen LogP contribution in [0.2, 0.25) is 0 Å². The van der Waals surface area contributed by atoms with Crippen LogP contribution in [0.3, 0.4) is 0 Å². The lowest BCUT2D eigenvalue weighted by Gasteiger charge is -2.45. The molecule has 142 valence electrons. The molecule has 1 fully saturated rings. The van der Waals surface area contributed by atoms with Gasteiger partial charge in [-0.2, -0.15) is 13.2 Å². The molecule has 1 saturated heterocycles. The minimum Gasteiger partial charge on any atom is -0.356 e. The molecule has 0 saturated carbocycles. The number of alkyl halides is 3. The molecule has 26 heavy (non-hydrogen) atoms. The summed E-state index contributed by atoms with van der Waals surface area (Å²) in [4.78, 5) is 4.55. The number of hydrogen-bond donors (Lipinski definition) is 1. The highest BCUT2D eigenvalue weighted by atomic mass is 19.4. The predicted molar refractivity (Wildman–Crippen MR) is 97.6 cm³/mol. The zero-order valence-electron chi connectivity index (χ0n) is 15.5. The van der Waals surface area contributed by atoms with Crippen LogP contribution in [0, 0.1) is 6.92 Å². The van der Waals surface area contributed by atoms with E-state index in [0.717, 1.165) is 43.6 Å². The molecule has 1 aromatic rings.